The van der Waals surface area contributed by atoms with Gasteiger partial charge in [0.2, 0.25) is 0 Å². The van der Waals surface area contributed by atoms with Gasteiger partial charge >= 0.3 is 5.97 Å². The molecular formula is C20H24N2O3. The van der Waals surface area contributed by atoms with Crippen molar-refractivity contribution in [2.24, 2.45) is 5.73 Å². The number of nitrogens with zero attached hydrogens (tertiary/aromatic N) is 1. The van der Waals surface area contributed by atoms with E-state index in [2.05, 4.69) is 33.9 Å². The molecule has 2 aromatic rings. The van der Waals surface area contributed by atoms with Crippen molar-refractivity contribution >= 4 is 5.97 Å². The molecule has 5 nitrogen and oxygen atoms in total. The van der Waals surface area contributed by atoms with Gasteiger partial charge in [0.1, 0.15) is 5.75 Å². The van der Waals surface area contributed by atoms with Crippen molar-refractivity contribution in [3.63, 3.8) is 0 Å². The molecule has 0 amide bonds. The van der Waals surface area contributed by atoms with Crippen molar-refractivity contribution in [2.45, 2.75) is 18.5 Å². The van der Waals surface area contributed by atoms with E-state index >= 15 is 0 Å². The van der Waals surface area contributed by atoms with E-state index in [0.29, 0.717) is 11.7 Å². The smallest absolute Gasteiger partial charge is 0.343 e. The van der Waals surface area contributed by atoms with Crippen molar-refractivity contribution < 1.29 is 14.3 Å². The largest absolute Gasteiger partial charge is 0.482 e. The normalized spacial score (nSPS) is 20.4. The Hall–Kier alpha value is -2.37. The van der Waals surface area contributed by atoms with E-state index in [-0.39, 0.29) is 18.6 Å². The quantitative estimate of drug-likeness (QED) is 0.817. The topological polar surface area (TPSA) is 64.8 Å². The lowest BCUT2D eigenvalue weighted by molar-refractivity contribution is -0.142. The predicted octanol–water partition coefficient (Wildman–Crippen LogP) is 2.17. The number of ether oxygens (including phenoxy) is 2. The molecule has 2 N–H and O–H groups in total. The number of carbonyl (C=O) groups is 1. The summed E-state index contributed by atoms with van der Waals surface area (Å²) >= 11 is 0. The molecule has 2 aromatic carbocycles. The summed E-state index contributed by atoms with van der Waals surface area (Å²) in [6, 6.07) is 18.4. The summed E-state index contributed by atoms with van der Waals surface area (Å²) < 4.78 is 9.93. The Kier molecular flexibility index (Phi) is 5.68. The van der Waals surface area contributed by atoms with Gasteiger partial charge in [-0.25, -0.2) is 4.79 Å². The van der Waals surface area contributed by atoms with E-state index in [4.69, 9.17) is 10.5 Å². The molecule has 0 saturated carbocycles. The predicted molar refractivity (Wildman–Crippen MR) is 96.4 cm³/mol. The number of rotatable bonds is 6. The van der Waals surface area contributed by atoms with Crippen LogP contribution in [0.1, 0.15) is 17.0 Å². The lowest BCUT2D eigenvalue weighted by Gasteiger charge is -2.16. The Morgan fingerprint density at radius 1 is 1.12 bits per heavy atom. The molecule has 1 heterocycles. The molecule has 0 bridgehead atoms. The minimum absolute atomic E-state index is 0.0738. The Balaban J connectivity index is 1.55. The summed E-state index contributed by atoms with van der Waals surface area (Å²) in [5.74, 6) is 0.653. The number of methoxy groups -OCH3 is 1. The lowest BCUT2D eigenvalue weighted by Crippen LogP contribution is -2.28. The van der Waals surface area contributed by atoms with Crippen LogP contribution in [0.5, 0.6) is 5.75 Å². The van der Waals surface area contributed by atoms with Gasteiger partial charge in [0.05, 0.1) is 7.11 Å². The lowest BCUT2D eigenvalue weighted by atomic mass is 9.95. The molecule has 0 unspecified atom stereocenters. The zero-order valence-electron chi connectivity index (χ0n) is 14.4. The van der Waals surface area contributed by atoms with Crippen molar-refractivity contribution in [3.05, 3.63) is 65.7 Å². The van der Waals surface area contributed by atoms with Gasteiger partial charge in [-0.2, -0.15) is 0 Å². The Labute approximate surface area is 148 Å². The highest BCUT2D eigenvalue weighted by atomic mass is 16.6. The zero-order chi connectivity index (χ0) is 17.6. The van der Waals surface area contributed by atoms with E-state index in [0.717, 1.165) is 19.6 Å². The number of benzene rings is 2. The summed E-state index contributed by atoms with van der Waals surface area (Å²) in [6.07, 6.45) is 0. The molecule has 25 heavy (non-hydrogen) atoms. The zero-order valence-corrected chi connectivity index (χ0v) is 14.4. The van der Waals surface area contributed by atoms with Crippen LogP contribution in [0.2, 0.25) is 0 Å². The highest BCUT2D eigenvalue weighted by Gasteiger charge is 2.30. The fourth-order valence-corrected chi connectivity index (χ4v) is 3.25. The van der Waals surface area contributed by atoms with E-state index in [1.165, 1.54) is 18.2 Å². The molecule has 132 valence electrons. The third-order valence-corrected chi connectivity index (χ3v) is 4.58. The maximum atomic E-state index is 11.1. The summed E-state index contributed by atoms with van der Waals surface area (Å²) in [4.78, 5) is 13.5. The summed E-state index contributed by atoms with van der Waals surface area (Å²) in [6.45, 7) is 2.63. The van der Waals surface area contributed by atoms with E-state index in [1.807, 2.05) is 30.3 Å². The Morgan fingerprint density at radius 3 is 2.52 bits per heavy atom. The molecule has 0 aliphatic carbocycles. The fourth-order valence-electron chi connectivity index (χ4n) is 3.25. The van der Waals surface area contributed by atoms with Crippen LogP contribution in [-0.2, 0) is 16.1 Å². The molecule has 0 spiro atoms. The van der Waals surface area contributed by atoms with Crippen molar-refractivity contribution in [2.75, 3.05) is 26.8 Å². The standard InChI is InChI=1S/C20H24N2O3/c1-24-20(23)14-25-17-9-7-15(8-10-17)11-22-12-18(19(21)13-22)16-5-3-2-4-6-16/h2-10,18-19H,11-14,21H2,1H3/t18-,19+/m0/s1. The first-order chi connectivity index (χ1) is 12.2. The number of esters is 1. The minimum Gasteiger partial charge on any atom is -0.482 e. The molecule has 3 rings (SSSR count). The number of likely N-dealkylation sites (tertiary alicyclic amines) is 1. The summed E-state index contributed by atoms with van der Waals surface area (Å²) in [5.41, 5.74) is 8.86. The van der Waals surface area contributed by atoms with Gasteiger partial charge in [0.25, 0.3) is 0 Å². The first-order valence-corrected chi connectivity index (χ1v) is 8.47. The van der Waals surface area contributed by atoms with Crippen LogP contribution in [0, 0.1) is 0 Å². The molecule has 1 fully saturated rings. The van der Waals surface area contributed by atoms with Crippen LogP contribution < -0.4 is 10.5 Å². The van der Waals surface area contributed by atoms with Gasteiger partial charge in [0, 0.05) is 31.6 Å². The maximum Gasteiger partial charge on any atom is 0.343 e. The van der Waals surface area contributed by atoms with Gasteiger partial charge in [-0.15, -0.1) is 0 Å². The minimum atomic E-state index is -0.387. The number of nitrogens with two attached hydrogens (primary N) is 1. The Morgan fingerprint density at radius 2 is 1.84 bits per heavy atom. The van der Waals surface area contributed by atoms with Crippen LogP contribution in [-0.4, -0.2) is 43.7 Å². The molecule has 0 aromatic heterocycles. The number of hydrogen-bond donors (Lipinski definition) is 1. The van der Waals surface area contributed by atoms with Crippen LogP contribution in [0.3, 0.4) is 0 Å². The summed E-state index contributed by atoms with van der Waals surface area (Å²) in [7, 11) is 1.35. The molecule has 1 aliphatic heterocycles. The van der Waals surface area contributed by atoms with E-state index in [9.17, 15) is 4.79 Å². The first-order valence-electron chi connectivity index (χ1n) is 8.47. The van der Waals surface area contributed by atoms with Crippen LogP contribution >= 0.6 is 0 Å². The highest BCUT2D eigenvalue weighted by molar-refractivity contribution is 5.70. The molecular weight excluding hydrogens is 316 g/mol. The van der Waals surface area contributed by atoms with Crippen LogP contribution in [0.15, 0.2) is 54.6 Å². The Bertz CT molecular complexity index is 688. The summed E-state index contributed by atoms with van der Waals surface area (Å²) in [5, 5.41) is 0. The number of carbonyl (C=O) groups excluding carboxylic acids is 1. The van der Waals surface area contributed by atoms with Crippen LogP contribution in [0.25, 0.3) is 0 Å². The van der Waals surface area contributed by atoms with Gasteiger partial charge in [-0.1, -0.05) is 42.5 Å². The molecule has 1 aliphatic rings. The van der Waals surface area contributed by atoms with Gasteiger partial charge in [-0.3, -0.25) is 4.90 Å². The monoisotopic (exact) mass is 340 g/mol. The molecule has 2 atom stereocenters. The second kappa shape index (κ2) is 8.14. The maximum absolute atomic E-state index is 11.1. The molecule has 5 heteroatoms. The fraction of sp³-hybridized carbons (Fsp3) is 0.350. The average Bonchev–Trinajstić information content (AvgIpc) is 3.01. The molecule has 0 radical (unpaired) electrons. The van der Waals surface area contributed by atoms with Gasteiger partial charge < -0.3 is 15.2 Å². The second-order valence-electron chi connectivity index (χ2n) is 6.38. The van der Waals surface area contributed by atoms with E-state index < -0.39 is 0 Å². The number of hydrogen-bond acceptors (Lipinski definition) is 5. The third-order valence-electron chi connectivity index (χ3n) is 4.58. The van der Waals surface area contributed by atoms with Gasteiger partial charge in [-0.05, 0) is 23.3 Å². The average molecular weight is 340 g/mol. The first kappa shape index (κ1) is 17.5. The van der Waals surface area contributed by atoms with Gasteiger partial charge in [0.15, 0.2) is 6.61 Å². The van der Waals surface area contributed by atoms with Crippen molar-refractivity contribution in [1.82, 2.24) is 4.90 Å². The SMILES string of the molecule is COC(=O)COc1ccc(CN2C[C@@H](N)[C@H](c3ccccc3)C2)cc1. The second-order valence-corrected chi connectivity index (χ2v) is 6.38. The highest BCUT2D eigenvalue weighted by Crippen LogP contribution is 2.27. The third kappa shape index (κ3) is 4.59. The van der Waals surface area contributed by atoms with E-state index in [1.54, 1.807) is 0 Å². The van der Waals surface area contributed by atoms with Crippen LogP contribution in [0.4, 0.5) is 0 Å². The van der Waals surface area contributed by atoms with Crippen molar-refractivity contribution in [3.8, 4) is 5.75 Å². The molecule has 1 saturated heterocycles. The van der Waals surface area contributed by atoms with Crippen molar-refractivity contribution in [1.29, 1.82) is 0 Å².